The highest BCUT2D eigenvalue weighted by Crippen LogP contribution is 2.36. The van der Waals surface area contributed by atoms with E-state index in [1.807, 2.05) is 43.0 Å². The first-order valence-electron chi connectivity index (χ1n) is 8.25. The summed E-state index contributed by atoms with van der Waals surface area (Å²) in [5.41, 5.74) is 1.85. The Bertz CT molecular complexity index is 531. The van der Waals surface area contributed by atoms with Gasteiger partial charge >= 0.3 is 0 Å². The van der Waals surface area contributed by atoms with Gasteiger partial charge in [-0.3, -0.25) is 4.79 Å². The summed E-state index contributed by atoms with van der Waals surface area (Å²) >= 11 is 0. The average molecular weight is 303 g/mol. The van der Waals surface area contributed by atoms with Gasteiger partial charge in [0.15, 0.2) is 0 Å². The molecule has 1 aromatic rings. The molecule has 3 atom stereocenters. The molecular weight excluding hydrogens is 278 g/mol. The molecule has 1 amide bonds. The van der Waals surface area contributed by atoms with Gasteiger partial charge in [-0.2, -0.15) is 0 Å². The molecule has 4 heteroatoms. The minimum atomic E-state index is 0.139. The summed E-state index contributed by atoms with van der Waals surface area (Å²) in [6.07, 6.45) is 1.24. The van der Waals surface area contributed by atoms with Crippen molar-refractivity contribution in [1.29, 1.82) is 0 Å². The SMILES string of the molecule is CCOCC[C@@H]1CO[C@@H]2CN(C(=O)c3ccccc3C)C[C@H]12. The van der Waals surface area contributed by atoms with Gasteiger partial charge in [-0.1, -0.05) is 18.2 Å². The van der Waals surface area contributed by atoms with Crippen LogP contribution in [0.2, 0.25) is 0 Å². The fourth-order valence-electron chi connectivity index (χ4n) is 3.62. The Morgan fingerprint density at radius 3 is 2.95 bits per heavy atom. The van der Waals surface area contributed by atoms with Crippen molar-refractivity contribution >= 4 is 5.91 Å². The summed E-state index contributed by atoms with van der Waals surface area (Å²) in [6, 6.07) is 7.81. The molecule has 1 aromatic carbocycles. The molecule has 120 valence electrons. The van der Waals surface area contributed by atoms with Gasteiger partial charge in [-0.25, -0.2) is 0 Å². The molecule has 4 nitrogen and oxygen atoms in total. The largest absolute Gasteiger partial charge is 0.382 e. The first-order valence-corrected chi connectivity index (χ1v) is 8.25. The maximum atomic E-state index is 12.7. The lowest BCUT2D eigenvalue weighted by atomic mass is 9.91. The second kappa shape index (κ2) is 6.80. The van der Waals surface area contributed by atoms with Crippen molar-refractivity contribution in [3.8, 4) is 0 Å². The van der Waals surface area contributed by atoms with E-state index in [0.29, 0.717) is 11.8 Å². The molecule has 2 fully saturated rings. The van der Waals surface area contributed by atoms with Crippen molar-refractivity contribution in [2.75, 3.05) is 32.9 Å². The van der Waals surface area contributed by atoms with E-state index in [1.54, 1.807) is 0 Å². The fourth-order valence-corrected chi connectivity index (χ4v) is 3.62. The van der Waals surface area contributed by atoms with E-state index in [9.17, 15) is 4.79 Å². The van der Waals surface area contributed by atoms with Gasteiger partial charge in [-0.15, -0.1) is 0 Å². The molecular formula is C18H25NO3. The van der Waals surface area contributed by atoms with Crippen LogP contribution in [0, 0.1) is 18.8 Å². The van der Waals surface area contributed by atoms with E-state index in [4.69, 9.17) is 9.47 Å². The molecule has 3 rings (SSSR count). The van der Waals surface area contributed by atoms with Gasteiger partial charge in [0.25, 0.3) is 5.91 Å². The number of carbonyl (C=O) groups is 1. The van der Waals surface area contributed by atoms with E-state index >= 15 is 0 Å². The Morgan fingerprint density at radius 2 is 2.18 bits per heavy atom. The summed E-state index contributed by atoms with van der Waals surface area (Å²) in [5.74, 6) is 1.12. The number of hydrogen-bond donors (Lipinski definition) is 0. The molecule has 0 bridgehead atoms. The van der Waals surface area contributed by atoms with Gasteiger partial charge in [-0.05, 0) is 37.8 Å². The topological polar surface area (TPSA) is 38.8 Å². The van der Waals surface area contributed by atoms with Gasteiger partial charge in [0.05, 0.1) is 12.7 Å². The molecule has 0 saturated carbocycles. The first kappa shape index (κ1) is 15.5. The lowest BCUT2D eigenvalue weighted by Crippen LogP contribution is -2.31. The zero-order valence-electron chi connectivity index (χ0n) is 13.5. The number of hydrogen-bond acceptors (Lipinski definition) is 3. The molecule has 0 N–H and O–H groups in total. The number of ether oxygens (including phenoxy) is 2. The summed E-state index contributed by atoms with van der Waals surface area (Å²) in [6.45, 7) is 7.92. The monoisotopic (exact) mass is 303 g/mol. The van der Waals surface area contributed by atoms with Crippen LogP contribution in [0.4, 0.5) is 0 Å². The molecule has 2 aliphatic rings. The van der Waals surface area contributed by atoms with Gasteiger partial charge in [0, 0.05) is 37.8 Å². The maximum absolute atomic E-state index is 12.7. The van der Waals surface area contributed by atoms with Crippen LogP contribution >= 0.6 is 0 Å². The number of fused-ring (bicyclic) bond motifs is 1. The van der Waals surface area contributed by atoms with Crippen LogP contribution in [-0.4, -0.2) is 49.8 Å². The molecule has 0 radical (unpaired) electrons. The van der Waals surface area contributed by atoms with Crippen molar-refractivity contribution in [3.05, 3.63) is 35.4 Å². The quantitative estimate of drug-likeness (QED) is 0.785. The second-order valence-corrected chi connectivity index (χ2v) is 6.31. The lowest BCUT2D eigenvalue weighted by Gasteiger charge is -2.20. The highest BCUT2D eigenvalue weighted by molar-refractivity contribution is 5.95. The number of aryl methyl sites for hydroxylation is 1. The minimum Gasteiger partial charge on any atom is -0.382 e. The van der Waals surface area contributed by atoms with Crippen molar-refractivity contribution in [3.63, 3.8) is 0 Å². The Kier molecular flexibility index (Phi) is 4.79. The number of rotatable bonds is 5. The van der Waals surface area contributed by atoms with Crippen molar-refractivity contribution in [2.45, 2.75) is 26.4 Å². The molecule has 2 saturated heterocycles. The molecule has 0 spiro atoms. The Hall–Kier alpha value is -1.39. The Labute approximate surface area is 132 Å². The molecule has 22 heavy (non-hydrogen) atoms. The molecule has 0 aliphatic carbocycles. The zero-order chi connectivity index (χ0) is 15.5. The number of amides is 1. The van der Waals surface area contributed by atoms with E-state index < -0.39 is 0 Å². The first-order chi connectivity index (χ1) is 10.7. The lowest BCUT2D eigenvalue weighted by molar-refractivity contribution is 0.0659. The van der Waals surface area contributed by atoms with E-state index in [-0.39, 0.29) is 12.0 Å². The fraction of sp³-hybridized carbons (Fsp3) is 0.611. The third kappa shape index (κ3) is 3.03. The zero-order valence-corrected chi connectivity index (χ0v) is 13.5. The average Bonchev–Trinajstić information content (AvgIpc) is 3.09. The van der Waals surface area contributed by atoms with E-state index in [1.165, 1.54) is 0 Å². The number of likely N-dealkylation sites (tertiary alicyclic amines) is 1. The Morgan fingerprint density at radius 1 is 1.36 bits per heavy atom. The van der Waals surface area contributed by atoms with Crippen LogP contribution < -0.4 is 0 Å². The third-order valence-corrected chi connectivity index (χ3v) is 4.94. The smallest absolute Gasteiger partial charge is 0.254 e. The predicted octanol–water partition coefficient (Wildman–Crippen LogP) is 2.51. The number of carbonyl (C=O) groups excluding carboxylic acids is 1. The van der Waals surface area contributed by atoms with Crippen LogP contribution in [0.3, 0.4) is 0 Å². The number of benzene rings is 1. The Balaban J connectivity index is 1.62. The number of nitrogens with zero attached hydrogens (tertiary/aromatic N) is 1. The van der Waals surface area contributed by atoms with Crippen LogP contribution in [-0.2, 0) is 9.47 Å². The highest BCUT2D eigenvalue weighted by Gasteiger charge is 2.45. The van der Waals surface area contributed by atoms with E-state index in [0.717, 1.165) is 50.5 Å². The predicted molar refractivity (Wildman–Crippen MR) is 84.9 cm³/mol. The summed E-state index contributed by atoms with van der Waals surface area (Å²) in [7, 11) is 0. The second-order valence-electron chi connectivity index (χ2n) is 6.31. The van der Waals surface area contributed by atoms with Crippen LogP contribution in [0.15, 0.2) is 24.3 Å². The maximum Gasteiger partial charge on any atom is 0.254 e. The third-order valence-electron chi connectivity index (χ3n) is 4.94. The normalized spacial score (nSPS) is 27.2. The standard InChI is InChI=1S/C18H25NO3/c1-3-21-9-8-14-12-22-17-11-19(10-16(14)17)18(20)15-7-5-4-6-13(15)2/h4-7,14,16-17H,3,8-12H2,1-2H3/t14-,16-,17-/m1/s1. The minimum absolute atomic E-state index is 0.139. The van der Waals surface area contributed by atoms with Gasteiger partial charge in [0.1, 0.15) is 0 Å². The van der Waals surface area contributed by atoms with Crippen LogP contribution in [0.25, 0.3) is 0 Å². The van der Waals surface area contributed by atoms with Gasteiger partial charge in [0.2, 0.25) is 0 Å². The van der Waals surface area contributed by atoms with E-state index in [2.05, 4.69) is 0 Å². The van der Waals surface area contributed by atoms with Crippen LogP contribution in [0.5, 0.6) is 0 Å². The van der Waals surface area contributed by atoms with Crippen LogP contribution in [0.1, 0.15) is 29.3 Å². The summed E-state index contributed by atoms with van der Waals surface area (Å²) < 4.78 is 11.4. The molecule has 2 aliphatic heterocycles. The summed E-state index contributed by atoms with van der Waals surface area (Å²) in [4.78, 5) is 14.7. The van der Waals surface area contributed by atoms with Crippen molar-refractivity contribution in [2.24, 2.45) is 11.8 Å². The molecule has 0 unspecified atom stereocenters. The van der Waals surface area contributed by atoms with Crippen molar-refractivity contribution in [1.82, 2.24) is 4.90 Å². The molecule has 2 heterocycles. The summed E-state index contributed by atoms with van der Waals surface area (Å²) in [5, 5.41) is 0. The van der Waals surface area contributed by atoms with Crippen molar-refractivity contribution < 1.29 is 14.3 Å². The molecule has 0 aromatic heterocycles. The highest BCUT2D eigenvalue weighted by atomic mass is 16.5. The van der Waals surface area contributed by atoms with Gasteiger partial charge < -0.3 is 14.4 Å².